The van der Waals surface area contributed by atoms with Gasteiger partial charge in [-0.1, -0.05) is 60.3 Å². The summed E-state index contributed by atoms with van der Waals surface area (Å²) >= 11 is 7.89. The van der Waals surface area contributed by atoms with Crippen LogP contribution in [0.1, 0.15) is 50.5 Å². The van der Waals surface area contributed by atoms with E-state index in [1.807, 2.05) is 74.8 Å². The van der Waals surface area contributed by atoms with Crippen LogP contribution in [0, 0.1) is 10.1 Å². The van der Waals surface area contributed by atoms with Crippen molar-refractivity contribution in [3.63, 3.8) is 0 Å². The van der Waals surface area contributed by atoms with E-state index in [1.165, 1.54) is 55.3 Å². The van der Waals surface area contributed by atoms with Gasteiger partial charge in [0.2, 0.25) is 0 Å². The largest absolute Gasteiger partial charge is 0.376 e. The van der Waals surface area contributed by atoms with E-state index in [2.05, 4.69) is 46.8 Å². The number of aromatic nitrogens is 2. The van der Waals surface area contributed by atoms with Crippen LogP contribution < -0.4 is 14.9 Å². The summed E-state index contributed by atoms with van der Waals surface area (Å²) < 4.78 is 30.2. The smallest absolute Gasteiger partial charge is 0.293 e. The maximum atomic E-state index is 13.8. The Bertz CT molecular complexity index is 2390. The molecule has 7 rings (SSSR count). The van der Waals surface area contributed by atoms with Crippen LogP contribution in [0.3, 0.4) is 0 Å². The van der Waals surface area contributed by atoms with Crippen molar-refractivity contribution >= 4 is 72.7 Å². The molecule has 5 aromatic rings. The number of nitro benzene ring substituents is 1. The highest BCUT2D eigenvalue weighted by Gasteiger charge is 2.26. The van der Waals surface area contributed by atoms with Gasteiger partial charge in [0.1, 0.15) is 12.0 Å². The Morgan fingerprint density at radius 1 is 0.900 bits per heavy atom. The highest BCUT2D eigenvalue weighted by Crippen LogP contribution is 2.34. The molecule has 1 aromatic heterocycles. The van der Waals surface area contributed by atoms with Gasteiger partial charge in [-0.15, -0.1) is 11.8 Å². The Balaban J connectivity index is 1.02. The lowest BCUT2D eigenvalue weighted by atomic mass is 9.88. The average molecular weight is 870 g/mol. The highest BCUT2D eigenvalue weighted by molar-refractivity contribution is 7.99. The van der Waals surface area contributed by atoms with E-state index in [9.17, 15) is 18.5 Å². The first-order valence-corrected chi connectivity index (χ1v) is 23.5. The number of thioether (sulfide) groups is 1. The molecule has 0 saturated carbocycles. The van der Waals surface area contributed by atoms with Crippen LogP contribution in [0.15, 0.2) is 113 Å². The van der Waals surface area contributed by atoms with Gasteiger partial charge in [0, 0.05) is 71.6 Å². The van der Waals surface area contributed by atoms with Crippen LogP contribution in [-0.2, 0) is 10.0 Å². The molecule has 4 aromatic carbocycles. The molecule has 2 heterocycles. The fourth-order valence-electron chi connectivity index (χ4n) is 7.94. The minimum Gasteiger partial charge on any atom is -0.376 e. The summed E-state index contributed by atoms with van der Waals surface area (Å²) in [5.41, 5.74) is 5.85. The zero-order valence-electron chi connectivity index (χ0n) is 34.2. The van der Waals surface area contributed by atoms with Gasteiger partial charge in [-0.05, 0) is 118 Å². The first kappa shape index (κ1) is 43.4. The summed E-state index contributed by atoms with van der Waals surface area (Å²) in [5, 5.41) is 17.0. The van der Waals surface area contributed by atoms with E-state index >= 15 is 0 Å². The molecule has 1 fully saturated rings. The molecule has 316 valence electrons. The number of nitrogens with zero attached hydrogens (tertiary/aromatic N) is 6. The van der Waals surface area contributed by atoms with Crippen LogP contribution in [0.25, 0.3) is 16.5 Å². The standard InChI is InChI=1S/C45H53ClN8O4S2/c1-51(2)23-22-36(31-59-38-11-7-5-8-12-38)49-42-21-19-39(29-44(42)54(55)56)60(57,58)50-45-41-20-18-37(28-43(41)47-32-48-45)53-26-24-52(25-27-53)30-34-10-6-3-4-9-13-40(34)33-14-16-35(46)17-15-33/h5,7-8,11-12,14-21,28-29,32,36,49H,3-4,6,9-10,13,22-27,30-31H2,1-2H3,(H,47,48,50)/t36-/m1/s1. The van der Waals surface area contributed by atoms with Crippen LogP contribution in [-0.4, -0.2) is 98.3 Å². The second kappa shape index (κ2) is 20.2. The zero-order chi connectivity index (χ0) is 42.1. The fraction of sp³-hybridized carbons (Fsp3) is 0.378. The van der Waals surface area contributed by atoms with Crippen molar-refractivity contribution in [1.82, 2.24) is 19.8 Å². The number of piperazine rings is 1. The molecular weight excluding hydrogens is 816 g/mol. The van der Waals surface area contributed by atoms with Crippen molar-refractivity contribution in [3.8, 4) is 0 Å². The van der Waals surface area contributed by atoms with Crippen LogP contribution in [0.2, 0.25) is 5.02 Å². The number of benzene rings is 4. The van der Waals surface area contributed by atoms with Gasteiger partial charge in [-0.3, -0.25) is 19.7 Å². The van der Waals surface area contributed by atoms with Gasteiger partial charge < -0.3 is 15.1 Å². The third-order valence-corrected chi connectivity index (χ3v) is 14.0. The number of hydrogen-bond donors (Lipinski definition) is 2. The van der Waals surface area contributed by atoms with Crippen LogP contribution >= 0.6 is 23.4 Å². The average Bonchev–Trinajstić information content (AvgIpc) is 3.23. The molecule has 2 aliphatic rings. The van der Waals surface area contributed by atoms with E-state index in [0.29, 0.717) is 16.7 Å². The van der Waals surface area contributed by atoms with Gasteiger partial charge in [0.05, 0.1) is 15.3 Å². The summed E-state index contributed by atoms with van der Waals surface area (Å²) in [6, 6.07) is 27.9. The lowest BCUT2D eigenvalue weighted by Gasteiger charge is -2.37. The third kappa shape index (κ3) is 11.3. The number of nitro groups is 1. The Morgan fingerprint density at radius 2 is 1.65 bits per heavy atom. The van der Waals surface area contributed by atoms with Crippen molar-refractivity contribution in [2.45, 2.75) is 60.8 Å². The molecule has 15 heteroatoms. The van der Waals surface area contributed by atoms with Crippen molar-refractivity contribution < 1.29 is 13.3 Å². The van der Waals surface area contributed by atoms with Crippen molar-refractivity contribution in [3.05, 3.63) is 124 Å². The molecule has 0 bridgehead atoms. The molecule has 1 saturated heterocycles. The van der Waals surface area contributed by atoms with Crippen molar-refractivity contribution in [2.75, 3.05) is 74.1 Å². The number of anilines is 3. The molecule has 1 aliphatic carbocycles. The number of sulfonamides is 1. The van der Waals surface area contributed by atoms with E-state index in [4.69, 9.17) is 11.6 Å². The summed E-state index contributed by atoms with van der Waals surface area (Å²) in [6.07, 6.45) is 9.28. The predicted octanol–water partition coefficient (Wildman–Crippen LogP) is 9.45. The lowest BCUT2D eigenvalue weighted by Crippen LogP contribution is -2.47. The summed E-state index contributed by atoms with van der Waals surface area (Å²) in [4.78, 5) is 28.4. The third-order valence-electron chi connectivity index (χ3n) is 11.2. The minimum atomic E-state index is -4.26. The summed E-state index contributed by atoms with van der Waals surface area (Å²) in [5.74, 6) is 0.771. The molecule has 1 aliphatic heterocycles. The molecule has 0 radical (unpaired) electrons. The normalized spacial score (nSPS) is 16.1. The highest BCUT2D eigenvalue weighted by atomic mass is 35.5. The molecule has 12 nitrogen and oxygen atoms in total. The number of nitrogens with one attached hydrogen (secondary N) is 2. The van der Waals surface area contributed by atoms with Gasteiger partial charge >= 0.3 is 0 Å². The zero-order valence-corrected chi connectivity index (χ0v) is 36.6. The minimum absolute atomic E-state index is 0.104. The number of rotatable bonds is 16. The van der Waals surface area contributed by atoms with Crippen LogP contribution in [0.4, 0.5) is 22.9 Å². The SMILES string of the molecule is CN(C)CC[C@H](CSc1ccccc1)Nc1ccc(S(=O)(=O)Nc2ncnc3cc(N4CCN(CC5=C(c6ccc(Cl)cc6)CCCCCC5)CC4)ccc23)cc1[N+](=O)[O-]. The monoisotopic (exact) mass is 868 g/mol. The first-order chi connectivity index (χ1) is 29.0. The van der Waals surface area contributed by atoms with E-state index in [1.54, 1.807) is 17.3 Å². The molecule has 0 amide bonds. The van der Waals surface area contributed by atoms with Gasteiger partial charge in [0.15, 0.2) is 5.82 Å². The number of hydrogen-bond acceptors (Lipinski definition) is 11. The predicted molar refractivity (Wildman–Crippen MR) is 246 cm³/mol. The van der Waals surface area contributed by atoms with E-state index in [0.717, 1.165) is 80.2 Å². The van der Waals surface area contributed by atoms with Crippen molar-refractivity contribution in [2.24, 2.45) is 0 Å². The topological polar surface area (TPSA) is 137 Å². The number of halogens is 1. The van der Waals surface area contributed by atoms with Gasteiger partial charge in [-0.25, -0.2) is 18.4 Å². The van der Waals surface area contributed by atoms with Crippen molar-refractivity contribution in [1.29, 1.82) is 0 Å². The Hall–Kier alpha value is -4.73. The summed E-state index contributed by atoms with van der Waals surface area (Å²) in [7, 11) is -0.297. The Morgan fingerprint density at radius 3 is 2.38 bits per heavy atom. The lowest BCUT2D eigenvalue weighted by molar-refractivity contribution is -0.384. The van der Waals surface area contributed by atoms with E-state index in [-0.39, 0.29) is 28.1 Å². The van der Waals surface area contributed by atoms with Crippen LogP contribution in [0.5, 0.6) is 0 Å². The molecule has 0 unspecified atom stereocenters. The Labute approximate surface area is 362 Å². The number of allylic oxidation sites excluding steroid dienone is 1. The molecule has 2 N–H and O–H groups in total. The Kier molecular flexibility index (Phi) is 14.6. The molecule has 0 spiro atoms. The maximum absolute atomic E-state index is 13.8. The fourth-order valence-corrected chi connectivity index (χ4v) is 10.1. The van der Waals surface area contributed by atoms with Gasteiger partial charge in [-0.2, -0.15) is 0 Å². The first-order valence-electron chi connectivity index (χ1n) is 20.6. The maximum Gasteiger partial charge on any atom is 0.293 e. The second-order valence-corrected chi connectivity index (χ2v) is 19.0. The molecular formula is C45H53ClN8O4S2. The quantitative estimate of drug-likeness (QED) is 0.0558. The molecule has 1 atom stereocenters. The van der Waals surface area contributed by atoms with E-state index < -0.39 is 14.9 Å². The summed E-state index contributed by atoms with van der Waals surface area (Å²) in [6.45, 7) is 5.29. The number of fused-ring (bicyclic) bond motifs is 1. The second-order valence-electron chi connectivity index (χ2n) is 15.8. The molecule has 60 heavy (non-hydrogen) atoms. The van der Waals surface area contributed by atoms with Gasteiger partial charge in [0.25, 0.3) is 15.7 Å².